The molecule has 0 amide bonds. The zero-order valence-corrected chi connectivity index (χ0v) is 15.5. The number of nitrogens with zero attached hydrogens (tertiary/aromatic N) is 3. The molecule has 0 aromatic heterocycles. The Morgan fingerprint density at radius 2 is 1.61 bits per heavy atom. The Morgan fingerprint density at radius 1 is 1.04 bits per heavy atom. The van der Waals surface area contributed by atoms with Crippen molar-refractivity contribution < 1.29 is 27.4 Å². The first-order chi connectivity index (χ1) is 12.8. The van der Waals surface area contributed by atoms with E-state index in [0.29, 0.717) is 11.0 Å². The lowest BCUT2D eigenvalue weighted by Gasteiger charge is -2.25. The number of aryl methyl sites for hydroxylation is 1. The third kappa shape index (κ3) is 3.80. The van der Waals surface area contributed by atoms with Crippen LogP contribution in [-0.2, 0) is 6.18 Å². The molecule has 0 N–H and O–H groups in total. The van der Waals surface area contributed by atoms with Crippen molar-refractivity contribution in [3.05, 3.63) is 65.4 Å². The molecule has 0 aliphatic carbocycles. The van der Waals surface area contributed by atoms with E-state index in [1.54, 1.807) is 0 Å². The SMILES string of the molecule is Cc1cc(Cl)c(N(C)c2c([N+](=O)[O-])cc([N+](=O)[O-])cc2C(F)(F)F)c(Cl)c1F. The van der Waals surface area contributed by atoms with Crippen molar-refractivity contribution in [1.29, 1.82) is 0 Å². The first kappa shape index (κ1) is 21.6. The maximum absolute atomic E-state index is 14.1. The minimum Gasteiger partial charge on any atom is -0.336 e. The summed E-state index contributed by atoms with van der Waals surface area (Å²) < 4.78 is 54.8. The highest BCUT2D eigenvalue weighted by molar-refractivity contribution is 6.39. The Morgan fingerprint density at radius 3 is 2.07 bits per heavy atom. The zero-order chi connectivity index (χ0) is 21.5. The molecule has 0 saturated heterocycles. The highest BCUT2D eigenvalue weighted by atomic mass is 35.5. The molecule has 0 bridgehead atoms. The predicted octanol–water partition coefficient (Wildman–Crippen LogP) is 6.04. The van der Waals surface area contributed by atoms with Crippen LogP contribution in [0.1, 0.15) is 11.1 Å². The lowest BCUT2D eigenvalue weighted by molar-refractivity contribution is -0.394. The van der Waals surface area contributed by atoms with Crippen LogP contribution < -0.4 is 4.90 Å². The van der Waals surface area contributed by atoms with E-state index in [0.717, 1.165) is 13.1 Å². The summed E-state index contributed by atoms with van der Waals surface area (Å²) in [5.74, 6) is -0.981. The van der Waals surface area contributed by atoms with Crippen molar-refractivity contribution >= 4 is 46.0 Å². The molecule has 0 heterocycles. The largest absolute Gasteiger partial charge is 0.418 e. The van der Waals surface area contributed by atoms with Crippen LogP contribution in [0.25, 0.3) is 0 Å². The van der Waals surface area contributed by atoms with E-state index in [2.05, 4.69) is 0 Å². The second kappa shape index (κ2) is 7.40. The molecule has 0 fully saturated rings. The summed E-state index contributed by atoms with van der Waals surface area (Å²) in [6, 6.07) is 1.59. The van der Waals surface area contributed by atoms with Crippen LogP contribution in [0.15, 0.2) is 18.2 Å². The van der Waals surface area contributed by atoms with Gasteiger partial charge in [-0.1, -0.05) is 23.2 Å². The molecule has 7 nitrogen and oxygen atoms in total. The van der Waals surface area contributed by atoms with Crippen molar-refractivity contribution in [3.63, 3.8) is 0 Å². The summed E-state index contributed by atoms with van der Waals surface area (Å²) in [5.41, 5.74) is -5.57. The molecule has 0 radical (unpaired) electrons. The maximum atomic E-state index is 14.1. The maximum Gasteiger partial charge on any atom is 0.418 e. The van der Waals surface area contributed by atoms with Gasteiger partial charge in [0.25, 0.3) is 11.4 Å². The highest BCUT2D eigenvalue weighted by Gasteiger charge is 2.41. The molecule has 0 unspecified atom stereocenters. The van der Waals surface area contributed by atoms with Gasteiger partial charge < -0.3 is 4.90 Å². The number of non-ortho nitro benzene ring substituents is 1. The Bertz CT molecular complexity index is 998. The summed E-state index contributed by atoms with van der Waals surface area (Å²) in [5, 5.41) is 21.3. The van der Waals surface area contributed by atoms with Gasteiger partial charge in [0.05, 0.1) is 32.2 Å². The molecule has 0 spiro atoms. The van der Waals surface area contributed by atoms with E-state index in [1.807, 2.05) is 0 Å². The molecule has 0 atom stereocenters. The summed E-state index contributed by atoms with van der Waals surface area (Å²) >= 11 is 11.8. The second-order valence-corrected chi connectivity index (χ2v) is 6.37. The number of rotatable bonds is 4. The zero-order valence-electron chi connectivity index (χ0n) is 14.0. The highest BCUT2D eigenvalue weighted by Crippen LogP contribution is 2.49. The fourth-order valence-corrected chi connectivity index (χ4v) is 3.35. The van der Waals surface area contributed by atoms with Crippen LogP contribution in [0.2, 0.25) is 10.0 Å². The third-order valence-electron chi connectivity index (χ3n) is 3.77. The van der Waals surface area contributed by atoms with Crippen molar-refractivity contribution in [1.82, 2.24) is 0 Å². The van der Waals surface area contributed by atoms with Crippen LogP contribution in [-0.4, -0.2) is 16.9 Å². The van der Waals surface area contributed by atoms with Gasteiger partial charge in [-0.05, 0) is 18.6 Å². The molecule has 2 aromatic carbocycles. The summed E-state index contributed by atoms with van der Waals surface area (Å²) in [6.07, 6.45) is -5.21. The number of hydrogen-bond acceptors (Lipinski definition) is 5. The van der Waals surface area contributed by atoms with E-state index in [-0.39, 0.29) is 16.7 Å². The van der Waals surface area contributed by atoms with Gasteiger partial charge in [0.1, 0.15) is 16.5 Å². The monoisotopic (exact) mass is 441 g/mol. The summed E-state index contributed by atoms with van der Waals surface area (Å²) in [4.78, 5) is 20.4. The van der Waals surface area contributed by atoms with Crippen molar-refractivity contribution in [2.45, 2.75) is 13.1 Å². The fraction of sp³-hybridized carbons (Fsp3) is 0.200. The smallest absolute Gasteiger partial charge is 0.336 e. The topological polar surface area (TPSA) is 89.5 Å². The van der Waals surface area contributed by atoms with Crippen LogP contribution in [0, 0.1) is 33.0 Å². The molecule has 28 heavy (non-hydrogen) atoms. The number of halogens is 6. The van der Waals surface area contributed by atoms with Gasteiger partial charge in [-0.3, -0.25) is 20.2 Å². The lowest BCUT2D eigenvalue weighted by atomic mass is 10.1. The van der Waals surface area contributed by atoms with Crippen LogP contribution in [0.3, 0.4) is 0 Å². The average Bonchev–Trinajstić information content (AvgIpc) is 2.57. The molecule has 0 saturated carbocycles. The number of alkyl halides is 3. The van der Waals surface area contributed by atoms with Crippen LogP contribution in [0.4, 0.5) is 40.3 Å². The number of hydrogen-bond donors (Lipinski definition) is 0. The number of nitro benzene ring substituents is 2. The minimum absolute atomic E-state index is 0.00129. The predicted molar refractivity (Wildman–Crippen MR) is 94.0 cm³/mol. The molecule has 13 heteroatoms. The van der Waals surface area contributed by atoms with Gasteiger partial charge >= 0.3 is 6.18 Å². The van der Waals surface area contributed by atoms with Gasteiger partial charge in [0.15, 0.2) is 0 Å². The van der Waals surface area contributed by atoms with Crippen LogP contribution >= 0.6 is 23.2 Å². The molecule has 0 aliphatic heterocycles. The minimum atomic E-state index is -5.21. The van der Waals surface area contributed by atoms with Gasteiger partial charge in [0.2, 0.25) is 0 Å². The lowest BCUT2D eigenvalue weighted by Crippen LogP contribution is -2.20. The van der Waals surface area contributed by atoms with Gasteiger partial charge in [-0.2, -0.15) is 13.2 Å². The number of benzene rings is 2. The second-order valence-electron chi connectivity index (χ2n) is 5.58. The van der Waals surface area contributed by atoms with E-state index in [1.165, 1.54) is 6.92 Å². The molecule has 2 rings (SSSR count). The van der Waals surface area contributed by atoms with Gasteiger partial charge in [-0.25, -0.2) is 4.39 Å². The normalized spacial score (nSPS) is 11.4. The first-order valence-corrected chi connectivity index (χ1v) is 7.94. The Hall–Kier alpha value is -2.66. The van der Waals surface area contributed by atoms with Crippen molar-refractivity contribution in [2.75, 3.05) is 11.9 Å². The number of nitro groups is 2. The van der Waals surface area contributed by atoms with Crippen molar-refractivity contribution in [2.24, 2.45) is 0 Å². The average molecular weight is 442 g/mol. The van der Waals surface area contributed by atoms with E-state index in [4.69, 9.17) is 23.2 Å². The van der Waals surface area contributed by atoms with Gasteiger partial charge in [0, 0.05) is 13.1 Å². The van der Waals surface area contributed by atoms with E-state index in [9.17, 15) is 37.8 Å². The van der Waals surface area contributed by atoms with E-state index < -0.39 is 55.2 Å². The Balaban J connectivity index is 2.93. The van der Waals surface area contributed by atoms with Crippen molar-refractivity contribution in [3.8, 4) is 0 Å². The third-order valence-corrected chi connectivity index (χ3v) is 4.41. The first-order valence-electron chi connectivity index (χ1n) is 7.19. The Labute approximate surface area is 164 Å². The van der Waals surface area contributed by atoms with Gasteiger partial charge in [-0.15, -0.1) is 0 Å². The quantitative estimate of drug-likeness (QED) is 0.249. The number of anilines is 2. The van der Waals surface area contributed by atoms with Crippen LogP contribution in [0.5, 0.6) is 0 Å². The standard InChI is InChI=1S/C15H9Cl2F4N3O4/c1-6-3-9(16)14(11(17)12(6)18)22(2)13-8(15(19,20)21)4-7(23(25)26)5-10(13)24(27)28/h3-5H,1-2H3. The van der Waals surface area contributed by atoms with E-state index >= 15 is 0 Å². The Kier molecular flexibility index (Phi) is 5.72. The molecular formula is C15H9Cl2F4N3O4. The molecule has 2 aromatic rings. The molecular weight excluding hydrogens is 433 g/mol. The fourth-order valence-electron chi connectivity index (χ4n) is 2.54. The summed E-state index contributed by atoms with van der Waals surface area (Å²) in [7, 11) is 0.950. The molecule has 150 valence electrons. The summed E-state index contributed by atoms with van der Waals surface area (Å²) in [6.45, 7) is 1.31. The molecule has 0 aliphatic rings.